The highest BCUT2D eigenvalue weighted by atomic mass is 32.2. The van der Waals surface area contributed by atoms with Gasteiger partial charge in [-0.2, -0.15) is 0 Å². The maximum Gasteiger partial charge on any atom is 0.277 e. The minimum Gasteiger partial charge on any atom is -0.364 e. The van der Waals surface area contributed by atoms with Gasteiger partial charge >= 0.3 is 0 Å². The second-order valence-corrected chi connectivity index (χ2v) is 7.74. The van der Waals surface area contributed by atoms with Crippen LogP contribution in [0.3, 0.4) is 0 Å². The van der Waals surface area contributed by atoms with Gasteiger partial charge in [-0.25, -0.2) is 0 Å². The first kappa shape index (κ1) is 20.2. The van der Waals surface area contributed by atoms with Crippen LogP contribution in [-0.2, 0) is 4.74 Å². The van der Waals surface area contributed by atoms with Crippen LogP contribution in [0, 0.1) is 10.1 Å². The Morgan fingerprint density at radius 3 is 2.43 bits per heavy atom. The minimum absolute atomic E-state index is 0.131. The fraction of sp³-hybridized carbons (Fsp3) is 0.100. The first-order valence-corrected chi connectivity index (χ1v) is 9.95. The number of rotatable bonds is 8. The first-order chi connectivity index (χ1) is 13.6. The van der Waals surface area contributed by atoms with Gasteiger partial charge in [-0.1, -0.05) is 36.0 Å². The van der Waals surface area contributed by atoms with Gasteiger partial charge in [0.1, 0.15) is 0 Å². The Labute approximate surface area is 171 Å². The average molecular weight is 415 g/mol. The molecule has 144 valence electrons. The van der Waals surface area contributed by atoms with E-state index in [1.807, 2.05) is 54.6 Å². The molecule has 8 heteroatoms. The fourth-order valence-corrected chi connectivity index (χ4v) is 4.04. The van der Waals surface area contributed by atoms with E-state index in [4.69, 9.17) is 4.74 Å². The third kappa shape index (κ3) is 5.26. The lowest BCUT2D eigenvalue weighted by molar-refractivity contribution is -0.387. The molecular formula is C20H18N2O4S2. The second kappa shape index (κ2) is 9.61. The zero-order chi connectivity index (χ0) is 19.9. The number of nitro benzene ring substituents is 1. The van der Waals surface area contributed by atoms with E-state index in [1.54, 1.807) is 12.1 Å². The van der Waals surface area contributed by atoms with E-state index in [0.29, 0.717) is 0 Å². The summed E-state index contributed by atoms with van der Waals surface area (Å²) in [6.07, 6.45) is -1.35. The van der Waals surface area contributed by atoms with E-state index < -0.39 is 11.2 Å². The van der Waals surface area contributed by atoms with Crippen molar-refractivity contribution in [1.29, 1.82) is 0 Å². The van der Waals surface area contributed by atoms with E-state index in [9.17, 15) is 15.2 Å². The second-order valence-electron chi connectivity index (χ2n) is 5.71. The molecule has 0 heterocycles. The van der Waals surface area contributed by atoms with Crippen molar-refractivity contribution in [1.82, 2.24) is 0 Å². The molecule has 0 saturated carbocycles. The number of nitrogens with one attached hydrogen (secondary N) is 1. The molecule has 0 aliphatic heterocycles. The van der Waals surface area contributed by atoms with Crippen molar-refractivity contribution in [2.45, 2.75) is 21.0 Å². The summed E-state index contributed by atoms with van der Waals surface area (Å²) in [6.45, 7) is 0. The highest BCUT2D eigenvalue weighted by Crippen LogP contribution is 2.35. The van der Waals surface area contributed by atoms with Gasteiger partial charge in [0.05, 0.1) is 10.5 Å². The van der Waals surface area contributed by atoms with Crippen LogP contribution in [0.5, 0.6) is 0 Å². The normalized spacial score (nSPS) is 11.8. The SMILES string of the molecule is COC(O)c1cc(Sc2cccc(NSc3ccccc3)c2)ccc1[N+](=O)[O-]. The minimum atomic E-state index is -1.35. The summed E-state index contributed by atoms with van der Waals surface area (Å²) in [5.41, 5.74) is 0.901. The molecule has 0 aliphatic carbocycles. The third-order valence-electron chi connectivity index (χ3n) is 3.78. The van der Waals surface area contributed by atoms with Gasteiger partial charge in [0.15, 0.2) is 6.29 Å². The molecule has 3 aromatic carbocycles. The number of ether oxygens (including phenoxy) is 1. The number of nitro groups is 1. The molecule has 0 radical (unpaired) electrons. The van der Waals surface area contributed by atoms with Crippen LogP contribution < -0.4 is 4.72 Å². The largest absolute Gasteiger partial charge is 0.364 e. The summed E-state index contributed by atoms with van der Waals surface area (Å²) in [7, 11) is 1.30. The zero-order valence-electron chi connectivity index (χ0n) is 14.9. The van der Waals surface area contributed by atoms with Crippen molar-refractivity contribution >= 4 is 35.1 Å². The van der Waals surface area contributed by atoms with Gasteiger partial charge in [-0.15, -0.1) is 0 Å². The molecule has 0 bridgehead atoms. The molecule has 3 aromatic rings. The summed E-state index contributed by atoms with van der Waals surface area (Å²) in [5, 5.41) is 21.1. The number of hydrogen-bond acceptors (Lipinski definition) is 7. The standard InChI is InChI=1S/C20H18N2O4S2/c1-26-20(23)18-13-17(10-11-19(18)22(24)25)27-16-9-5-6-14(12-16)21-28-15-7-3-2-4-8-15/h2-13,20-21,23H,1H3. The zero-order valence-corrected chi connectivity index (χ0v) is 16.6. The number of hydrogen-bond donors (Lipinski definition) is 2. The van der Waals surface area contributed by atoms with E-state index in [-0.39, 0.29) is 11.3 Å². The molecule has 3 rings (SSSR count). The van der Waals surface area contributed by atoms with Crippen molar-refractivity contribution in [2.75, 3.05) is 11.8 Å². The number of nitrogens with zero attached hydrogens (tertiary/aromatic N) is 1. The van der Waals surface area contributed by atoms with Crippen molar-refractivity contribution in [3.05, 3.63) is 88.5 Å². The van der Waals surface area contributed by atoms with Crippen LogP contribution in [0.1, 0.15) is 11.9 Å². The smallest absolute Gasteiger partial charge is 0.277 e. The van der Waals surface area contributed by atoms with E-state index in [1.165, 1.54) is 36.9 Å². The Kier molecular flexibility index (Phi) is 6.94. The van der Waals surface area contributed by atoms with Gasteiger partial charge < -0.3 is 14.6 Å². The Balaban J connectivity index is 1.75. The molecule has 2 N–H and O–H groups in total. The predicted octanol–water partition coefficient (Wildman–Crippen LogP) is 5.50. The quantitative estimate of drug-likeness (QED) is 0.218. The highest BCUT2D eigenvalue weighted by Gasteiger charge is 2.21. The topological polar surface area (TPSA) is 84.6 Å². The van der Waals surface area contributed by atoms with Crippen LogP contribution in [-0.4, -0.2) is 17.1 Å². The number of methoxy groups -OCH3 is 1. The van der Waals surface area contributed by atoms with Crippen molar-refractivity contribution in [3.63, 3.8) is 0 Å². The molecule has 6 nitrogen and oxygen atoms in total. The van der Waals surface area contributed by atoms with Crippen LogP contribution >= 0.6 is 23.7 Å². The van der Waals surface area contributed by atoms with Gasteiger partial charge in [0.2, 0.25) is 0 Å². The van der Waals surface area contributed by atoms with Gasteiger partial charge in [0.25, 0.3) is 5.69 Å². The van der Waals surface area contributed by atoms with Gasteiger partial charge in [-0.3, -0.25) is 10.1 Å². The monoisotopic (exact) mass is 414 g/mol. The molecule has 0 aliphatic rings. The van der Waals surface area contributed by atoms with Crippen LogP contribution in [0.15, 0.2) is 87.5 Å². The predicted molar refractivity (Wildman–Crippen MR) is 112 cm³/mol. The Morgan fingerprint density at radius 1 is 1.00 bits per heavy atom. The van der Waals surface area contributed by atoms with E-state index in [0.717, 1.165) is 20.4 Å². The Hall–Kier alpha value is -2.52. The molecule has 1 unspecified atom stereocenters. The molecule has 0 amide bonds. The molecule has 28 heavy (non-hydrogen) atoms. The Morgan fingerprint density at radius 2 is 1.71 bits per heavy atom. The maximum atomic E-state index is 11.2. The van der Waals surface area contributed by atoms with E-state index >= 15 is 0 Å². The molecule has 0 spiro atoms. The lowest BCUT2D eigenvalue weighted by Crippen LogP contribution is -2.04. The van der Waals surface area contributed by atoms with Crippen LogP contribution in [0.4, 0.5) is 11.4 Å². The molecule has 1 atom stereocenters. The Bertz CT molecular complexity index is 954. The molecule has 0 aromatic heterocycles. The summed E-state index contributed by atoms with van der Waals surface area (Å²) < 4.78 is 8.16. The van der Waals surface area contributed by atoms with Gasteiger partial charge in [0, 0.05) is 33.6 Å². The van der Waals surface area contributed by atoms with Crippen LogP contribution in [0.25, 0.3) is 0 Å². The average Bonchev–Trinajstić information content (AvgIpc) is 2.72. The number of aliphatic hydroxyl groups excluding tert-OH is 1. The van der Waals surface area contributed by atoms with E-state index in [2.05, 4.69) is 4.72 Å². The van der Waals surface area contributed by atoms with Crippen molar-refractivity contribution in [2.24, 2.45) is 0 Å². The fourth-order valence-electron chi connectivity index (χ4n) is 2.45. The number of anilines is 1. The first-order valence-electron chi connectivity index (χ1n) is 8.32. The van der Waals surface area contributed by atoms with Crippen molar-refractivity contribution < 1.29 is 14.8 Å². The molecule has 0 fully saturated rings. The molecule has 0 saturated heterocycles. The highest BCUT2D eigenvalue weighted by molar-refractivity contribution is 8.00. The summed E-state index contributed by atoms with van der Waals surface area (Å²) in [6, 6.07) is 22.5. The number of aliphatic hydroxyl groups is 1. The molecular weight excluding hydrogens is 396 g/mol. The summed E-state index contributed by atoms with van der Waals surface area (Å²) in [5.74, 6) is 0. The lowest BCUT2D eigenvalue weighted by Gasteiger charge is -2.11. The summed E-state index contributed by atoms with van der Waals surface area (Å²) >= 11 is 2.97. The lowest BCUT2D eigenvalue weighted by atomic mass is 10.2. The number of benzene rings is 3. The van der Waals surface area contributed by atoms with Crippen LogP contribution in [0.2, 0.25) is 0 Å². The maximum absolute atomic E-state index is 11.2. The summed E-state index contributed by atoms with van der Waals surface area (Å²) in [4.78, 5) is 13.5. The van der Waals surface area contributed by atoms with Gasteiger partial charge in [-0.05, 0) is 54.4 Å². The third-order valence-corrected chi connectivity index (χ3v) is 5.61. The van der Waals surface area contributed by atoms with Crippen molar-refractivity contribution in [3.8, 4) is 0 Å².